The molecule has 0 bridgehead atoms. The van der Waals surface area contributed by atoms with Gasteiger partial charge < -0.3 is 24.4 Å². The number of carbonyl (C=O) groups is 1. The highest BCUT2D eigenvalue weighted by atomic mass is 16.5. The summed E-state index contributed by atoms with van der Waals surface area (Å²) in [5.74, 6) is 2.03. The van der Waals surface area contributed by atoms with Crippen molar-refractivity contribution in [3.8, 4) is 11.5 Å². The molecule has 1 saturated heterocycles. The fourth-order valence-corrected chi connectivity index (χ4v) is 4.15. The van der Waals surface area contributed by atoms with Crippen molar-refractivity contribution in [3.63, 3.8) is 0 Å². The maximum Gasteiger partial charge on any atom is 0.322 e. The van der Waals surface area contributed by atoms with Gasteiger partial charge >= 0.3 is 6.03 Å². The number of carbonyl (C=O) groups excluding carboxylic acids is 1. The molecule has 0 aromatic heterocycles. The van der Waals surface area contributed by atoms with Gasteiger partial charge in [0.05, 0.1) is 26.4 Å². The molecule has 0 unspecified atom stereocenters. The van der Waals surface area contributed by atoms with E-state index in [0.717, 1.165) is 11.3 Å². The summed E-state index contributed by atoms with van der Waals surface area (Å²) in [6, 6.07) is 15.2. The molecule has 6 nitrogen and oxygen atoms in total. The van der Waals surface area contributed by atoms with Gasteiger partial charge in [-0.3, -0.25) is 0 Å². The first-order valence-corrected chi connectivity index (χ1v) is 9.13. The summed E-state index contributed by atoms with van der Waals surface area (Å²) in [5, 5.41) is 3.01. The number of nitrogens with one attached hydrogen (secondary N) is 1. The molecule has 4 rings (SSSR count). The molecule has 0 spiro atoms. The number of likely N-dealkylation sites (tertiary alicyclic amines) is 1. The van der Waals surface area contributed by atoms with E-state index < -0.39 is 0 Å². The number of amides is 2. The van der Waals surface area contributed by atoms with Crippen LogP contribution < -0.4 is 14.8 Å². The number of benzene rings is 2. The summed E-state index contributed by atoms with van der Waals surface area (Å²) in [7, 11) is 3.31. The highest BCUT2D eigenvalue weighted by molar-refractivity contribution is 5.90. The van der Waals surface area contributed by atoms with Crippen molar-refractivity contribution >= 4 is 11.7 Å². The number of ether oxygens (including phenoxy) is 3. The van der Waals surface area contributed by atoms with Crippen LogP contribution in [-0.2, 0) is 4.74 Å². The van der Waals surface area contributed by atoms with Gasteiger partial charge in [-0.1, -0.05) is 24.3 Å². The van der Waals surface area contributed by atoms with Crippen LogP contribution in [0.25, 0.3) is 0 Å². The number of urea groups is 1. The summed E-state index contributed by atoms with van der Waals surface area (Å²) in [6.07, 6.45) is 0. The van der Waals surface area contributed by atoms with Gasteiger partial charge in [-0.2, -0.15) is 0 Å². The molecule has 2 aliphatic heterocycles. The standard InChI is InChI=1S/C21H24N2O4/c1-25-12-14-11-23(21(24)22-15-6-5-7-16(10-15)26-2)20-17-8-3-4-9-19(17)27-13-18(14)20/h3-10,14,18,20H,11-13H2,1-2H3,(H,22,24)/t14-,18-,20-/m0/s1. The quantitative estimate of drug-likeness (QED) is 0.897. The van der Waals surface area contributed by atoms with Crippen molar-refractivity contribution in [1.29, 1.82) is 0 Å². The smallest absolute Gasteiger partial charge is 0.322 e. The second-order valence-electron chi connectivity index (χ2n) is 6.99. The fourth-order valence-electron chi connectivity index (χ4n) is 4.15. The lowest BCUT2D eigenvalue weighted by Crippen LogP contribution is -2.38. The van der Waals surface area contributed by atoms with Crippen LogP contribution in [-0.4, -0.2) is 44.9 Å². The number of hydrogen-bond acceptors (Lipinski definition) is 4. The van der Waals surface area contributed by atoms with E-state index in [2.05, 4.69) is 5.32 Å². The molecule has 2 aliphatic rings. The Morgan fingerprint density at radius 3 is 2.89 bits per heavy atom. The van der Waals surface area contributed by atoms with Crippen LogP contribution in [0.1, 0.15) is 11.6 Å². The summed E-state index contributed by atoms with van der Waals surface area (Å²) in [5.41, 5.74) is 1.78. The monoisotopic (exact) mass is 368 g/mol. The minimum atomic E-state index is -0.117. The average Bonchev–Trinajstić information content (AvgIpc) is 3.07. The van der Waals surface area contributed by atoms with Crippen LogP contribution in [0, 0.1) is 11.8 Å². The zero-order chi connectivity index (χ0) is 18.8. The van der Waals surface area contributed by atoms with Gasteiger partial charge in [0, 0.05) is 42.8 Å². The third-order valence-electron chi connectivity index (χ3n) is 5.41. The Morgan fingerprint density at radius 1 is 1.22 bits per heavy atom. The number of para-hydroxylation sites is 1. The second-order valence-corrected chi connectivity index (χ2v) is 6.99. The Labute approximate surface area is 159 Å². The summed E-state index contributed by atoms with van der Waals surface area (Å²) < 4.78 is 16.6. The van der Waals surface area contributed by atoms with E-state index in [1.165, 1.54) is 0 Å². The van der Waals surface area contributed by atoms with Gasteiger partial charge in [0.15, 0.2) is 0 Å². The Kier molecular flexibility index (Phi) is 4.90. The van der Waals surface area contributed by atoms with Gasteiger partial charge in [-0.05, 0) is 18.2 Å². The molecule has 2 amide bonds. The normalized spacial score (nSPS) is 23.2. The SMILES string of the molecule is COC[C@@H]1CN(C(=O)Nc2cccc(OC)c2)[C@H]2c3ccccc3OC[C@@H]12. The van der Waals surface area contributed by atoms with E-state index in [4.69, 9.17) is 14.2 Å². The third-order valence-corrected chi connectivity index (χ3v) is 5.41. The second kappa shape index (κ2) is 7.48. The number of rotatable bonds is 4. The molecule has 0 saturated carbocycles. The fraction of sp³-hybridized carbons (Fsp3) is 0.381. The Hall–Kier alpha value is -2.73. The molecular weight excluding hydrogens is 344 g/mol. The molecule has 142 valence electrons. The molecule has 2 aromatic carbocycles. The number of anilines is 1. The van der Waals surface area contributed by atoms with Gasteiger partial charge in [0.25, 0.3) is 0 Å². The van der Waals surface area contributed by atoms with Crippen molar-refractivity contribution in [1.82, 2.24) is 4.90 Å². The van der Waals surface area contributed by atoms with Crippen LogP contribution >= 0.6 is 0 Å². The Balaban J connectivity index is 1.61. The van der Waals surface area contributed by atoms with E-state index in [-0.39, 0.29) is 23.9 Å². The molecule has 0 aliphatic carbocycles. The first kappa shape index (κ1) is 17.7. The number of hydrogen-bond donors (Lipinski definition) is 1. The first-order chi connectivity index (χ1) is 13.2. The van der Waals surface area contributed by atoms with Crippen LogP contribution in [0.4, 0.5) is 10.5 Å². The van der Waals surface area contributed by atoms with E-state index in [9.17, 15) is 4.79 Å². The highest BCUT2D eigenvalue weighted by Gasteiger charge is 2.48. The summed E-state index contributed by atoms with van der Waals surface area (Å²) in [4.78, 5) is 15.0. The lowest BCUT2D eigenvalue weighted by atomic mass is 9.86. The maximum absolute atomic E-state index is 13.1. The van der Waals surface area contributed by atoms with Crippen LogP contribution in [0.3, 0.4) is 0 Å². The van der Waals surface area contributed by atoms with E-state index in [1.807, 2.05) is 53.4 Å². The molecule has 3 atom stereocenters. The zero-order valence-electron chi connectivity index (χ0n) is 15.6. The number of fused-ring (bicyclic) bond motifs is 3. The largest absolute Gasteiger partial charge is 0.497 e. The van der Waals surface area contributed by atoms with Crippen LogP contribution in [0.5, 0.6) is 11.5 Å². The molecule has 0 radical (unpaired) electrons. The molecule has 2 heterocycles. The zero-order valence-corrected chi connectivity index (χ0v) is 15.6. The third kappa shape index (κ3) is 3.32. The molecule has 6 heteroatoms. The van der Waals surface area contributed by atoms with E-state index in [1.54, 1.807) is 14.2 Å². The van der Waals surface area contributed by atoms with Gasteiger partial charge in [-0.15, -0.1) is 0 Å². The molecule has 2 aromatic rings. The minimum Gasteiger partial charge on any atom is -0.497 e. The lowest BCUT2D eigenvalue weighted by molar-refractivity contribution is 0.100. The van der Waals surface area contributed by atoms with Crippen LogP contribution in [0.2, 0.25) is 0 Å². The Bertz CT molecular complexity index is 825. The average molecular weight is 368 g/mol. The molecule has 1 fully saturated rings. The predicted octanol–water partition coefficient (Wildman–Crippen LogP) is 3.56. The minimum absolute atomic E-state index is 0.0132. The molecule has 1 N–H and O–H groups in total. The Morgan fingerprint density at radius 2 is 2.07 bits per heavy atom. The van der Waals surface area contributed by atoms with Crippen molar-refractivity contribution in [2.45, 2.75) is 6.04 Å². The van der Waals surface area contributed by atoms with E-state index in [0.29, 0.717) is 31.2 Å². The maximum atomic E-state index is 13.1. The van der Waals surface area contributed by atoms with Crippen molar-refractivity contribution < 1.29 is 19.0 Å². The molecule has 27 heavy (non-hydrogen) atoms. The van der Waals surface area contributed by atoms with Crippen molar-refractivity contribution in [2.24, 2.45) is 11.8 Å². The number of methoxy groups -OCH3 is 2. The van der Waals surface area contributed by atoms with Crippen molar-refractivity contribution in [3.05, 3.63) is 54.1 Å². The summed E-state index contributed by atoms with van der Waals surface area (Å²) in [6.45, 7) is 1.84. The first-order valence-electron chi connectivity index (χ1n) is 9.13. The van der Waals surface area contributed by atoms with Crippen molar-refractivity contribution in [2.75, 3.05) is 39.3 Å². The van der Waals surface area contributed by atoms with Crippen LogP contribution in [0.15, 0.2) is 48.5 Å². The van der Waals surface area contributed by atoms with Gasteiger partial charge in [0.1, 0.15) is 11.5 Å². The lowest BCUT2D eigenvalue weighted by Gasteiger charge is -2.34. The highest BCUT2D eigenvalue weighted by Crippen LogP contribution is 2.47. The molecular formula is C21H24N2O4. The predicted molar refractivity (Wildman–Crippen MR) is 102 cm³/mol. The van der Waals surface area contributed by atoms with E-state index >= 15 is 0 Å². The summed E-state index contributed by atoms with van der Waals surface area (Å²) >= 11 is 0. The van der Waals surface area contributed by atoms with Gasteiger partial charge in [0.2, 0.25) is 0 Å². The topological polar surface area (TPSA) is 60.0 Å². The number of nitrogens with zero attached hydrogens (tertiary/aromatic N) is 1. The van der Waals surface area contributed by atoms with Gasteiger partial charge in [-0.25, -0.2) is 4.79 Å².